The molecule has 0 bridgehead atoms. The number of hydrogen-bond acceptors (Lipinski definition) is 1. The van der Waals surface area contributed by atoms with Gasteiger partial charge < -0.3 is 5.11 Å². The summed E-state index contributed by atoms with van der Waals surface area (Å²) in [5, 5.41) is 8.38. The molecule has 0 atom stereocenters. The highest BCUT2D eigenvalue weighted by Gasteiger charge is 1.96. The summed E-state index contributed by atoms with van der Waals surface area (Å²) < 4.78 is 0. The summed E-state index contributed by atoms with van der Waals surface area (Å²) in [6.07, 6.45) is 0. The zero-order valence-electron chi connectivity index (χ0n) is 4.74. The Morgan fingerprint density at radius 3 is 2.00 bits per heavy atom. The van der Waals surface area contributed by atoms with Crippen LogP contribution in [0.2, 0.25) is 0 Å². The van der Waals surface area contributed by atoms with Crippen molar-refractivity contribution in [3.63, 3.8) is 0 Å². The Bertz CT molecular complexity index is 208. The number of benzene rings is 1. The molecule has 0 unspecified atom stereocenters. The molecule has 1 aromatic carbocycles. The van der Waals surface area contributed by atoms with E-state index in [1.165, 1.54) is 0 Å². The number of aromatic carboxylic acids is 1. The lowest BCUT2D eigenvalue weighted by atomic mass is 10.2. The quantitative estimate of drug-likeness (QED) is 0.584. The molecule has 1 aromatic rings. The maximum absolute atomic E-state index is 10.2. The fourth-order valence-electron chi connectivity index (χ4n) is 0.581. The second kappa shape index (κ2) is 4.10. The fourth-order valence-corrected chi connectivity index (χ4v) is 0.581. The molecule has 0 saturated carbocycles. The van der Waals surface area contributed by atoms with Gasteiger partial charge in [0.15, 0.2) is 17.4 Å². The number of rotatable bonds is 1. The lowest BCUT2D eigenvalue weighted by molar-refractivity contribution is 0.0697. The molecule has 0 saturated heterocycles. The van der Waals surface area contributed by atoms with Crippen LogP contribution >= 0.6 is 0 Å². The largest absolute Gasteiger partial charge is 0.478 e. The van der Waals surface area contributed by atoms with Crippen LogP contribution in [0.5, 0.6) is 0 Å². The standard InChI is InChI=1S/C7H6O2.Al.3H/c8-7(9)6-4-2-1-3-5-6;;;;/h1-5H,(H,8,9);;;;. The molecule has 52 valence electrons. The minimum absolute atomic E-state index is 0. The molecule has 10 heavy (non-hydrogen) atoms. The molecule has 0 aromatic heterocycles. The van der Waals surface area contributed by atoms with E-state index >= 15 is 0 Å². The second-order valence-corrected chi connectivity index (χ2v) is 1.67. The molecule has 0 amide bonds. The Labute approximate surface area is 69.6 Å². The number of carbonyl (C=O) groups is 1. The predicted molar refractivity (Wildman–Crippen MR) is 43.3 cm³/mol. The van der Waals surface area contributed by atoms with Gasteiger partial charge in [0.05, 0.1) is 5.56 Å². The van der Waals surface area contributed by atoms with E-state index in [1.807, 2.05) is 0 Å². The molecule has 0 radical (unpaired) electrons. The summed E-state index contributed by atoms with van der Waals surface area (Å²) in [4.78, 5) is 10.2. The van der Waals surface area contributed by atoms with Crippen LogP contribution in [0.3, 0.4) is 0 Å². The maximum atomic E-state index is 10.2. The van der Waals surface area contributed by atoms with Gasteiger partial charge in [-0.1, -0.05) is 18.2 Å². The van der Waals surface area contributed by atoms with E-state index in [0.717, 1.165) is 0 Å². The Morgan fingerprint density at radius 2 is 1.70 bits per heavy atom. The van der Waals surface area contributed by atoms with Gasteiger partial charge in [0.2, 0.25) is 0 Å². The summed E-state index contributed by atoms with van der Waals surface area (Å²) in [6, 6.07) is 8.30. The van der Waals surface area contributed by atoms with Crippen molar-refractivity contribution in [2.45, 2.75) is 0 Å². The molecule has 0 aliphatic heterocycles. The average molecular weight is 152 g/mol. The molecule has 0 spiro atoms. The predicted octanol–water partition coefficient (Wildman–Crippen LogP) is 0.201. The molecule has 1 N–H and O–H groups in total. The molecule has 0 fully saturated rings. The first-order valence-electron chi connectivity index (χ1n) is 2.59. The van der Waals surface area contributed by atoms with Crippen LogP contribution in [0.1, 0.15) is 10.4 Å². The molecular formula is C7H9AlO2. The molecule has 3 heteroatoms. The SMILES string of the molecule is O=C(O)c1ccccc1.[AlH3]. The van der Waals surface area contributed by atoms with Crippen molar-refractivity contribution in [3.05, 3.63) is 35.9 Å². The van der Waals surface area contributed by atoms with Crippen molar-refractivity contribution in [2.75, 3.05) is 0 Å². The van der Waals surface area contributed by atoms with Crippen LogP contribution in [0.25, 0.3) is 0 Å². The summed E-state index contributed by atoms with van der Waals surface area (Å²) >= 11 is 0. The van der Waals surface area contributed by atoms with Crippen molar-refractivity contribution in [3.8, 4) is 0 Å². The first-order chi connectivity index (χ1) is 4.30. The Hall–Kier alpha value is -0.778. The third-order valence-electron chi connectivity index (χ3n) is 1.02. The molecule has 0 heterocycles. The summed E-state index contributed by atoms with van der Waals surface area (Å²) in [6.45, 7) is 0. The van der Waals surface area contributed by atoms with Crippen LogP contribution < -0.4 is 0 Å². The number of carboxylic acids is 1. The molecule has 2 nitrogen and oxygen atoms in total. The van der Waals surface area contributed by atoms with E-state index in [4.69, 9.17) is 5.11 Å². The van der Waals surface area contributed by atoms with E-state index in [2.05, 4.69) is 0 Å². The summed E-state index contributed by atoms with van der Waals surface area (Å²) in [5.41, 5.74) is 0.331. The maximum Gasteiger partial charge on any atom is 0.335 e. The summed E-state index contributed by atoms with van der Waals surface area (Å²) in [5.74, 6) is -0.879. The van der Waals surface area contributed by atoms with Gasteiger partial charge in [-0.25, -0.2) is 4.79 Å². The van der Waals surface area contributed by atoms with E-state index in [1.54, 1.807) is 30.3 Å². The minimum Gasteiger partial charge on any atom is -0.478 e. The van der Waals surface area contributed by atoms with E-state index in [0.29, 0.717) is 5.56 Å². The second-order valence-electron chi connectivity index (χ2n) is 1.67. The third kappa shape index (κ3) is 2.22. The van der Waals surface area contributed by atoms with Crippen molar-refractivity contribution in [1.29, 1.82) is 0 Å². The van der Waals surface area contributed by atoms with Gasteiger partial charge in [0.1, 0.15) is 0 Å². The van der Waals surface area contributed by atoms with Gasteiger partial charge in [-0.05, 0) is 12.1 Å². The number of carboxylic acid groups (broad SMARTS) is 1. The summed E-state index contributed by atoms with van der Waals surface area (Å²) in [7, 11) is 0. The van der Waals surface area contributed by atoms with Gasteiger partial charge in [-0.15, -0.1) is 0 Å². The Balaban J connectivity index is 0.000000810. The highest BCUT2D eigenvalue weighted by molar-refractivity contribution is 5.87. The smallest absolute Gasteiger partial charge is 0.335 e. The Morgan fingerprint density at radius 1 is 1.20 bits per heavy atom. The van der Waals surface area contributed by atoms with Crippen LogP contribution in [0, 0.1) is 0 Å². The van der Waals surface area contributed by atoms with E-state index in [9.17, 15) is 4.79 Å². The lowest BCUT2D eigenvalue weighted by Crippen LogP contribution is -1.93. The van der Waals surface area contributed by atoms with Gasteiger partial charge >= 0.3 is 5.97 Å². The van der Waals surface area contributed by atoms with Gasteiger partial charge in [-0.3, -0.25) is 0 Å². The van der Waals surface area contributed by atoms with Crippen LogP contribution in [0.15, 0.2) is 30.3 Å². The highest BCUT2D eigenvalue weighted by Crippen LogP contribution is 1.96. The van der Waals surface area contributed by atoms with E-state index < -0.39 is 5.97 Å². The third-order valence-corrected chi connectivity index (χ3v) is 1.02. The first kappa shape index (κ1) is 9.22. The van der Waals surface area contributed by atoms with Gasteiger partial charge in [0.25, 0.3) is 0 Å². The first-order valence-corrected chi connectivity index (χ1v) is 2.59. The molecule has 1 rings (SSSR count). The fraction of sp³-hybridized carbons (Fsp3) is 0. The van der Waals surface area contributed by atoms with Crippen molar-refractivity contribution >= 4 is 23.3 Å². The van der Waals surface area contributed by atoms with Crippen LogP contribution in [-0.4, -0.2) is 28.4 Å². The van der Waals surface area contributed by atoms with Gasteiger partial charge in [0, 0.05) is 0 Å². The number of hydrogen-bond donors (Lipinski definition) is 1. The molecule has 0 aliphatic carbocycles. The minimum atomic E-state index is -0.879. The van der Waals surface area contributed by atoms with Crippen molar-refractivity contribution in [2.24, 2.45) is 0 Å². The van der Waals surface area contributed by atoms with Gasteiger partial charge in [-0.2, -0.15) is 0 Å². The monoisotopic (exact) mass is 152 g/mol. The highest BCUT2D eigenvalue weighted by atomic mass is 27.0. The van der Waals surface area contributed by atoms with Crippen molar-refractivity contribution in [1.82, 2.24) is 0 Å². The lowest BCUT2D eigenvalue weighted by Gasteiger charge is -1.88. The zero-order chi connectivity index (χ0) is 6.69. The normalized spacial score (nSPS) is 8.00. The van der Waals surface area contributed by atoms with E-state index in [-0.39, 0.29) is 17.4 Å². The molecule has 0 aliphatic rings. The van der Waals surface area contributed by atoms with Crippen molar-refractivity contribution < 1.29 is 9.90 Å². The zero-order valence-corrected chi connectivity index (χ0v) is 4.74. The Kier molecular flexibility index (Phi) is 3.79. The van der Waals surface area contributed by atoms with Crippen LogP contribution in [0.4, 0.5) is 0 Å². The topological polar surface area (TPSA) is 37.3 Å². The average Bonchev–Trinajstić information content (AvgIpc) is 1.90. The molecular weight excluding hydrogens is 143 g/mol. The van der Waals surface area contributed by atoms with Crippen LogP contribution in [-0.2, 0) is 0 Å².